The number of aliphatic hydroxyl groups is 1. The van der Waals surface area contributed by atoms with Gasteiger partial charge < -0.3 is 35.8 Å². The molecule has 16 heteroatoms. The van der Waals surface area contributed by atoms with Gasteiger partial charge in [0.1, 0.15) is 24.5 Å². The molecule has 15 nitrogen and oxygen atoms in total. The normalized spacial score (nSPS) is 27.1. The summed E-state index contributed by atoms with van der Waals surface area (Å²) in [6.07, 6.45) is 18.9. The van der Waals surface area contributed by atoms with Crippen LogP contribution < -0.4 is 16.0 Å². The molecular weight excluding hydrogens is 926 g/mol. The van der Waals surface area contributed by atoms with Crippen molar-refractivity contribution in [3.05, 3.63) is 82.9 Å². The van der Waals surface area contributed by atoms with Crippen molar-refractivity contribution < 1.29 is 19.5 Å². The third-order valence-corrected chi connectivity index (χ3v) is 16.8. The van der Waals surface area contributed by atoms with E-state index in [2.05, 4.69) is 71.9 Å². The first kappa shape index (κ1) is 55.9. The number of hydrogen-bond acceptors (Lipinski definition) is 12. The Kier molecular flexibility index (Phi) is 22.8. The molecule has 4 aliphatic heterocycles. The quantitative estimate of drug-likeness (QED) is 0.213. The van der Waals surface area contributed by atoms with Crippen molar-refractivity contribution in [2.75, 3.05) is 99.2 Å². The standard InChI is InChI=1S/C32H40ClN7O2.C12H24N2O.C7H12O.C5H12N2/c33-27-11-9-23(10-12-27)17-29(37-31(41)28-18-24-5-1-2-6-25(24)19-35-28)32(42)39-15-13-38(14-16-39)30-8-4-3-7-26(30)20-40-22-34-21-36-40;1-13-6-8-14(9-7-13)12-5-3-2-4-11(12)10-15;1-6-4-2-3-5-7(6)8;1-7-4-2-6-3-5-7/h1-2,5-6,9-12,21-22,26,28-30,35H,3-4,7-8,13-20H2,(H,37,41);11-12,15H,2-10H2,1H3;6H,2-5H2,1H3;6H,2-5H2,1H3/t26?,28-,29-,30?;;;/m1.../s1. The largest absolute Gasteiger partial charge is 0.396 e. The van der Waals surface area contributed by atoms with Gasteiger partial charge in [0.25, 0.3) is 0 Å². The van der Waals surface area contributed by atoms with Crippen molar-refractivity contribution in [2.24, 2.45) is 17.8 Å². The van der Waals surface area contributed by atoms with Crippen LogP contribution in [0.15, 0.2) is 61.2 Å². The number of aliphatic hydroxyl groups excluding tert-OH is 1. The van der Waals surface area contributed by atoms with Gasteiger partial charge in [-0.2, -0.15) is 5.10 Å². The third kappa shape index (κ3) is 17.1. The van der Waals surface area contributed by atoms with E-state index in [-0.39, 0.29) is 17.9 Å². The smallest absolute Gasteiger partial charge is 0.245 e. The van der Waals surface area contributed by atoms with E-state index in [1.165, 1.54) is 108 Å². The van der Waals surface area contributed by atoms with Crippen molar-refractivity contribution in [1.82, 2.24) is 55.2 Å². The Morgan fingerprint density at radius 2 is 1.38 bits per heavy atom. The van der Waals surface area contributed by atoms with E-state index < -0.39 is 6.04 Å². The molecule has 0 spiro atoms. The molecule has 3 saturated carbocycles. The minimum absolute atomic E-state index is 0.0167. The summed E-state index contributed by atoms with van der Waals surface area (Å²) in [4.78, 5) is 54.2. The molecule has 3 saturated heterocycles. The number of nitrogens with zero attached hydrogens (tertiary/aromatic N) is 8. The SMILES string of the molecule is CC1CCCCC1=O.CN1CCN(C2CCCCC2CO)CC1.CN1CCNCC1.O=C(N[C@H](Cc1ccc(Cl)cc1)C(=O)N1CCN(C2CCCCC2Cn2cncn2)CC1)[C@H]1Cc2ccccc2CN1. The Labute approximate surface area is 436 Å². The summed E-state index contributed by atoms with van der Waals surface area (Å²) < 4.78 is 1.95. The maximum Gasteiger partial charge on any atom is 0.245 e. The lowest BCUT2D eigenvalue weighted by atomic mass is 9.83. The molecule has 2 amide bonds. The molecule has 1 aromatic heterocycles. The minimum Gasteiger partial charge on any atom is -0.396 e. The van der Waals surface area contributed by atoms with Gasteiger partial charge in [0.15, 0.2) is 0 Å². The average molecular weight is 1010 g/mol. The number of piperazine rings is 3. The van der Waals surface area contributed by atoms with Gasteiger partial charge in [-0.3, -0.25) is 28.9 Å². The summed E-state index contributed by atoms with van der Waals surface area (Å²) in [6.45, 7) is 16.5. The number of Topliss-reactive ketones (excluding diaryl/α,β-unsaturated/α-hetero) is 1. The lowest BCUT2D eigenvalue weighted by Crippen LogP contribution is -2.59. The molecule has 2 aromatic carbocycles. The first-order valence-electron chi connectivity index (χ1n) is 27.7. The maximum absolute atomic E-state index is 14.0. The Balaban J connectivity index is 0.000000203. The highest BCUT2D eigenvalue weighted by Crippen LogP contribution is 2.31. The van der Waals surface area contributed by atoms with Crippen LogP contribution in [0, 0.1) is 17.8 Å². The zero-order valence-corrected chi connectivity index (χ0v) is 44.7. The van der Waals surface area contributed by atoms with E-state index >= 15 is 0 Å². The highest BCUT2D eigenvalue weighted by molar-refractivity contribution is 6.30. The van der Waals surface area contributed by atoms with Crippen LogP contribution in [0.2, 0.25) is 5.02 Å². The van der Waals surface area contributed by atoms with E-state index in [0.717, 1.165) is 57.5 Å². The number of hydrogen-bond donors (Lipinski definition) is 4. The monoisotopic (exact) mass is 1010 g/mol. The van der Waals surface area contributed by atoms with Gasteiger partial charge in [-0.25, -0.2) is 4.98 Å². The maximum atomic E-state index is 14.0. The number of halogens is 1. The molecule has 5 unspecified atom stereocenters. The van der Waals surface area contributed by atoms with Gasteiger partial charge in [0, 0.05) is 134 Å². The van der Waals surface area contributed by atoms with E-state index in [1.807, 2.05) is 52.9 Å². The summed E-state index contributed by atoms with van der Waals surface area (Å²) in [5.74, 6) is 1.76. The fourth-order valence-corrected chi connectivity index (χ4v) is 12.0. The number of nitrogens with one attached hydrogen (secondary N) is 3. The number of benzene rings is 2. The van der Waals surface area contributed by atoms with E-state index in [1.54, 1.807) is 12.7 Å². The predicted octanol–water partition coefficient (Wildman–Crippen LogP) is 5.15. The van der Waals surface area contributed by atoms with Crippen molar-refractivity contribution in [2.45, 2.75) is 134 Å². The second kappa shape index (κ2) is 29.3. The van der Waals surface area contributed by atoms with E-state index in [9.17, 15) is 19.5 Å². The van der Waals surface area contributed by atoms with Crippen molar-refractivity contribution >= 4 is 29.2 Å². The molecule has 3 aromatic rings. The van der Waals surface area contributed by atoms with Crippen molar-refractivity contribution in [1.29, 1.82) is 0 Å². The highest BCUT2D eigenvalue weighted by atomic mass is 35.5. The van der Waals surface area contributed by atoms with Gasteiger partial charge in [-0.1, -0.05) is 87.0 Å². The molecule has 5 heterocycles. The minimum atomic E-state index is -0.640. The molecule has 72 heavy (non-hydrogen) atoms. The number of carbonyl (C=O) groups excluding carboxylic acids is 3. The van der Waals surface area contributed by atoms with Crippen LogP contribution in [0.25, 0.3) is 0 Å². The average Bonchev–Trinajstić information content (AvgIpc) is 3.94. The molecule has 4 N–H and O–H groups in total. The molecule has 398 valence electrons. The van der Waals surface area contributed by atoms with Crippen LogP contribution in [0.4, 0.5) is 0 Å². The number of likely N-dealkylation sites (N-methyl/N-ethyl adjacent to an activating group) is 2. The van der Waals surface area contributed by atoms with E-state index in [0.29, 0.717) is 79.7 Å². The van der Waals surface area contributed by atoms with Crippen LogP contribution >= 0.6 is 11.6 Å². The number of amides is 2. The van der Waals surface area contributed by atoms with Crippen molar-refractivity contribution in [3.8, 4) is 0 Å². The first-order valence-corrected chi connectivity index (χ1v) is 28.1. The summed E-state index contributed by atoms with van der Waals surface area (Å²) in [5.41, 5.74) is 3.37. The predicted molar refractivity (Wildman–Crippen MR) is 287 cm³/mol. The van der Waals surface area contributed by atoms with Gasteiger partial charge in [-0.15, -0.1) is 0 Å². The summed E-state index contributed by atoms with van der Waals surface area (Å²) >= 11 is 6.12. The fraction of sp³-hybridized carbons (Fsp3) is 0.696. The lowest BCUT2D eigenvalue weighted by Gasteiger charge is -2.44. The number of ketones is 1. The summed E-state index contributed by atoms with van der Waals surface area (Å²) in [6, 6.07) is 15.9. The molecular formula is C56H88ClN11O4. The summed E-state index contributed by atoms with van der Waals surface area (Å²) in [5, 5.41) is 24.2. The number of aromatic nitrogens is 3. The van der Waals surface area contributed by atoms with Gasteiger partial charge in [-0.05, 0) is 99.7 Å². The second-order valence-electron chi connectivity index (χ2n) is 21.7. The molecule has 6 fully saturated rings. The fourth-order valence-electron chi connectivity index (χ4n) is 11.9. The van der Waals surface area contributed by atoms with Gasteiger partial charge in [0.05, 0.1) is 6.04 Å². The van der Waals surface area contributed by atoms with E-state index in [4.69, 9.17) is 11.6 Å². The third-order valence-electron chi connectivity index (χ3n) is 16.5. The van der Waals surface area contributed by atoms with Crippen LogP contribution in [-0.4, -0.2) is 185 Å². The van der Waals surface area contributed by atoms with Crippen LogP contribution in [0.1, 0.15) is 101 Å². The molecule has 0 radical (unpaired) electrons. The molecule has 0 bridgehead atoms. The van der Waals surface area contributed by atoms with Crippen LogP contribution in [0.5, 0.6) is 0 Å². The molecule has 7 atom stereocenters. The molecule has 10 rings (SSSR count). The topological polar surface area (TPSA) is 154 Å². The Bertz CT molecular complexity index is 2060. The van der Waals surface area contributed by atoms with Crippen LogP contribution in [-0.2, 0) is 40.3 Å². The number of fused-ring (bicyclic) bond motifs is 1. The van der Waals surface area contributed by atoms with Gasteiger partial charge >= 0.3 is 0 Å². The second-order valence-corrected chi connectivity index (χ2v) is 22.1. The zero-order chi connectivity index (χ0) is 50.7. The highest BCUT2D eigenvalue weighted by Gasteiger charge is 2.36. The van der Waals surface area contributed by atoms with Gasteiger partial charge in [0.2, 0.25) is 11.8 Å². The molecule has 7 aliphatic rings. The summed E-state index contributed by atoms with van der Waals surface area (Å²) in [7, 11) is 4.35. The van der Waals surface area contributed by atoms with Crippen molar-refractivity contribution in [3.63, 3.8) is 0 Å². The number of carbonyl (C=O) groups is 3. The first-order chi connectivity index (χ1) is 35.0. The Morgan fingerprint density at radius 3 is 1.97 bits per heavy atom. The van der Waals surface area contributed by atoms with Crippen LogP contribution in [0.3, 0.4) is 0 Å². The molecule has 3 aliphatic carbocycles. The Hall–Kier alpha value is -3.80. The lowest BCUT2D eigenvalue weighted by molar-refractivity contribution is -0.139. The zero-order valence-electron chi connectivity index (χ0n) is 43.9. The Morgan fingerprint density at radius 1 is 0.764 bits per heavy atom. The number of rotatable bonds is 10.